The monoisotopic (exact) mass is 960 g/mol. The van der Waals surface area contributed by atoms with Crippen LogP contribution in [0.4, 0.5) is 0 Å². The summed E-state index contributed by atoms with van der Waals surface area (Å²) in [5, 5.41) is 138. The largest absolute Gasteiger partial charge is 0.507 e. The van der Waals surface area contributed by atoms with Crippen LogP contribution < -0.4 is 30.3 Å². The van der Waals surface area contributed by atoms with Gasteiger partial charge in [-0.3, -0.25) is 9.59 Å². The average molecular weight is 961 g/mol. The highest BCUT2D eigenvalue weighted by atomic mass is 16.5. The number of carboxylic acids is 2. The second-order valence-corrected chi connectivity index (χ2v) is 17.0. The molecule has 0 spiro atoms. The number of aliphatic carboxylic acids is 1. The summed E-state index contributed by atoms with van der Waals surface area (Å²) in [6.45, 7) is 0. The number of aromatic hydroxyl groups is 8. The van der Waals surface area contributed by atoms with Gasteiger partial charge in [-0.2, -0.15) is 0 Å². The van der Waals surface area contributed by atoms with Crippen LogP contribution in [-0.2, 0) is 24.1 Å². The Labute approximate surface area is 389 Å². The van der Waals surface area contributed by atoms with E-state index < -0.39 is 191 Å². The molecule has 7 aromatic rings. The Balaban J connectivity index is 1.34. The molecule has 21 heteroatoms. The van der Waals surface area contributed by atoms with Gasteiger partial charge in [-0.15, -0.1) is 0 Å². The second kappa shape index (κ2) is 16.1. The minimum atomic E-state index is -2.00. The van der Waals surface area contributed by atoms with E-state index in [-0.39, 0.29) is 27.8 Å². The molecule has 6 atom stereocenters. The van der Waals surface area contributed by atoms with E-state index in [1.807, 2.05) is 0 Å². The molecule has 6 aromatic carbocycles. The van der Waals surface area contributed by atoms with Crippen molar-refractivity contribution in [1.29, 1.82) is 0 Å². The van der Waals surface area contributed by atoms with Gasteiger partial charge in [0.05, 0.1) is 51.0 Å². The smallest absolute Gasteiger partial charge is 0.337 e. The Kier molecular flexibility index (Phi) is 10.3. The second-order valence-electron chi connectivity index (χ2n) is 17.0. The van der Waals surface area contributed by atoms with Crippen molar-refractivity contribution in [3.05, 3.63) is 137 Å². The van der Waals surface area contributed by atoms with Gasteiger partial charge in [0, 0.05) is 48.1 Å². The van der Waals surface area contributed by atoms with Crippen LogP contribution in [0.25, 0.3) is 27.5 Å². The molecule has 13 N–H and O–H groups in total. The number of carboxylic acid groups (broad SMARTS) is 2. The van der Waals surface area contributed by atoms with Crippen molar-refractivity contribution in [3.8, 4) is 63.2 Å². The van der Waals surface area contributed by atoms with Gasteiger partial charge in [0.1, 0.15) is 52.6 Å². The number of hydrogen-bond donors (Lipinski definition) is 13. The Morgan fingerprint density at radius 2 is 0.943 bits per heavy atom. The highest BCUT2D eigenvalue weighted by molar-refractivity contribution is 6.21. The number of carbonyl (C=O) groups is 2. The summed E-state index contributed by atoms with van der Waals surface area (Å²) in [6.07, 6.45) is -10.9. The standard InChI is InChI=1S/C49H36O21/c50-21-4-1-15(7-26(21)55)41-30(59)10-18-24(53)13-29(58)34(44(18)68-41)36(48(63)64)38-40(62)20-12-32(61)43(17-3-6-23(52)28(57)9-17)70-46(20)39-37(49(65)66)35-33(67-47(38)39)14-25(54)19-11-31(60)42(69-45(19)35)16-2-5-22(51)27(56)8-16/h1-9,13-14,30-32,41-43,50-53,55-61H,10-12H2,(H,63,64)(H,65,66)/b38-36-/t30-,31-,32-,41+,42+,43+/m0/s1. The van der Waals surface area contributed by atoms with Crippen LogP contribution in [0.3, 0.4) is 0 Å². The highest BCUT2D eigenvalue weighted by Crippen LogP contribution is 2.50. The quantitative estimate of drug-likeness (QED) is 0.0841. The lowest BCUT2D eigenvalue weighted by molar-refractivity contribution is -0.130. The van der Waals surface area contributed by atoms with Gasteiger partial charge in [-0.25, -0.2) is 9.59 Å². The SMILES string of the molecule is O=C(O)/C(c1c(O)cc(O)c2c1O[C@H](c1ccc(O)c(O)c1)[C@@H](O)C2)=c1/c(=O)c2c(c3c(C(=O)O)c4c5c(c(=O)cc4oc13)C[C@H](O)[C@@H](c1ccc(O)c(O)c1)O5)O[C@H](c1ccc(O)c(O)c1)[C@@H](O)C2. The van der Waals surface area contributed by atoms with E-state index in [1.165, 1.54) is 18.2 Å². The van der Waals surface area contributed by atoms with Crippen molar-refractivity contribution in [1.82, 2.24) is 0 Å². The summed E-state index contributed by atoms with van der Waals surface area (Å²) in [5.41, 5.74) is -7.47. The number of aliphatic hydroxyl groups is 3. The Hall–Kier alpha value is -8.92. The first-order valence-electron chi connectivity index (χ1n) is 21.1. The zero-order chi connectivity index (χ0) is 49.9. The minimum absolute atomic E-state index is 0.00712. The van der Waals surface area contributed by atoms with Crippen LogP contribution in [0.15, 0.2) is 80.7 Å². The number of aliphatic hydroxyl groups excluding tert-OH is 3. The zero-order valence-electron chi connectivity index (χ0n) is 35.5. The Bertz CT molecular complexity index is 3640. The topological polar surface area (TPSA) is 372 Å². The maximum atomic E-state index is 15.2. The summed E-state index contributed by atoms with van der Waals surface area (Å²) in [7, 11) is 0. The number of phenolic OH excluding ortho intramolecular Hbond substituents is 8. The number of fused-ring (bicyclic) bond motifs is 7. The number of phenols is 8. The molecule has 0 saturated carbocycles. The van der Waals surface area contributed by atoms with Crippen LogP contribution in [-0.4, -0.2) is 96.6 Å². The molecule has 0 radical (unpaired) electrons. The molecule has 0 saturated heterocycles. The molecule has 1 aromatic heterocycles. The lowest BCUT2D eigenvalue weighted by Gasteiger charge is -2.33. The van der Waals surface area contributed by atoms with E-state index in [2.05, 4.69) is 0 Å². The molecule has 0 fully saturated rings. The predicted octanol–water partition coefficient (Wildman–Crippen LogP) is 2.76. The Morgan fingerprint density at radius 1 is 0.486 bits per heavy atom. The summed E-state index contributed by atoms with van der Waals surface area (Å²) in [4.78, 5) is 57.0. The van der Waals surface area contributed by atoms with Gasteiger partial charge < -0.3 is 85.0 Å². The molecule has 0 unspecified atom stereocenters. The van der Waals surface area contributed by atoms with E-state index in [0.717, 1.165) is 42.5 Å². The van der Waals surface area contributed by atoms with Crippen molar-refractivity contribution in [3.63, 3.8) is 0 Å². The maximum absolute atomic E-state index is 15.2. The molecular weight excluding hydrogens is 925 g/mol. The van der Waals surface area contributed by atoms with Gasteiger partial charge >= 0.3 is 11.9 Å². The van der Waals surface area contributed by atoms with Crippen LogP contribution >= 0.6 is 0 Å². The normalized spacial score (nSPS) is 20.8. The van der Waals surface area contributed by atoms with Crippen molar-refractivity contribution in [2.45, 2.75) is 55.9 Å². The first-order valence-corrected chi connectivity index (χ1v) is 21.1. The highest BCUT2D eigenvalue weighted by Gasteiger charge is 2.42. The zero-order valence-corrected chi connectivity index (χ0v) is 35.5. The lowest BCUT2D eigenvalue weighted by atomic mass is 9.87. The molecule has 10 rings (SSSR count). The third kappa shape index (κ3) is 6.89. The molecule has 4 heterocycles. The Morgan fingerprint density at radius 3 is 1.41 bits per heavy atom. The lowest BCUT2D eigenvalue weighted by Crippen LogP contribution is -2.40. The van der Waals surface area contributed by atoms with Gasteiger partial charge in [0.15, 0.2) is 50.9 Å². The number of ether oxygens (including phenoxy) is 3. The fourth-order valence-electron chi connectivity index (χ4n) is 9.52. The van der Waals surface area contributed by atoms with Crippen molar-refractivity contribution < 1.29 is 94.6 Å². The van der Waals surface area contributed by atoms with Crippen molar-refractivity contribution in [2.75, 3.05) is 0 Å². The predicted molar refractivity (Wildman–Crippen MR) is 237 cm³/mol. The number of hydrogen-bond acceptors (Lipinski definition) is 19. The molecule has 0 bridgehead atoms. The van der Waals surface area contributed by atoms with E-state index in [0.29, 0.717) is 6.07 Å². The molecule has 0 amide bonds. The fourth-order valence-corrected chi connectivity index (χ4v) is 9.52. The molecule has 70 heavy (non-hydrogen) atoms. The molecule has 0 aliphatic carbocycles. The third-order valence-electron chi connectivity index (χ3n) is 12.7. The van der Waals surface area contributed by atoms with E-state index in [1.54, 1.807) is 0 Å². The molecule has 21 nitrogen and oxygen atoms in total. The van der Waals surface area contributed by atoms with E-state index in [9.17, 15) is 80.8 Å². The third-order valence-corrected chi connectivity index (χ3v) is 12.7. The fraction of sp³-hybridized carbons (Fsp3) is 0.184. The van der Waals surface area contributed by atoms with E-state index >= 15 is 4.79 Å². The first kappa shape index (κ1) is 44.9. The number of benzene rings is 6. The number of aromatic carboxylic acids is 1. The van der Waals surface area contributed by atoms with Crippen LogP contribution in [0.5, 0.6) is 63.2 Å². The average Bonchev–Trinajstić information content (AvgIpc) is 3.30. The van der Waals surface area contributed by atoms with Crippen LogP contribution in [0.2, 0.25) is 0 Å². The number of rotatable bonds is 6. The molecule has 3 aliphatic rings. The van der Waals surface area contributed by atoms with Crippen molar-refractivity contribution >= 4 is 39.5 Å². The summed E-state index contributed by atoms with van der Waals surface area (Å²) in [5.74, 6) is -10.7. The summed E-state index contributed by atoms with van der Waals surface area (Å²) >= 11 is 0. The summed E-state index contributed by atoms with van der Waals surface area (Å²) in [6, 6.07) is 11.7. The van der Waals surface area contributed by atoms with Gasteiger partial charge in [0.2, 0.25) is 0 Å². The van der Waals surface area contributed by atoms with Crippen LogP contribution in [0, 0.1) is 0 Å². The molecule has 358 valence electrons. The van der Waals surface area contributed by atoms with E-state index in [4.69, 9.17) is 18.6 Å². The van der Waals surface area contributed by atoms with Gasteiger partial charge in [-0.1, -0.05) is 18.2 Å². The van der Waals surface area contributed by atoms with Crippen LogP contribution in [0.1, 0.15) is 67.6 Å². The minimum Gasteiger partial charge on any atom is -0.507 e. The molecular formula is C49H36O21. The summed E-state index contributed by atoms with van der Waals surface area (Å²) < 4.78 is 25.0. The van der Waals surface area contributed by atoms with Gasteiger partial charge in [0.25, 0.3) is 0 Å². The maximum Gasteiger partial charge on any atom is 0.337 e. The molecule has 3 aliphatic heterocycles. The van der Waals surface area contributed by atoms with Crippen molar-refractivity contribution in [2.24, 2.45) is 0 Å². The van der Waals surface area contributed by atoms with Gasteiger partial charge in [-0.05, 0) is 53.1 Å². The first-order chi connectivity index (χ1) is 33.2.